The molecule has 0 aromatic carbocycles. The van der Waals surface area contributed by atoms with Crippen molar-refractivity contribution in [3.8, 4) is 0 Å². The largest absolute Gasteiger partial charge is 0.480 e. The Morgan fingerprint density at radius 1 is 1.21 bits per heavy atom. The van der Waals surface area contributed by atoms with Crippen molar-refractivity contribution in [3.63, 3.8) is 0 Å². The van der Waals surface area contributed by atoms with Gasteiger partial charge in [-0.25, -0.2) is 9.59 Å². The Kier molecular flexibility index (Phi) is 7.62. The number of hydrogen-bond acceptors (Lipinski definition) is 6. The van der Waals surface area contributed by atoms with Crippen LogP contribution in [0.5, 0.6) is 0 Å². The van der Waals surface area contributed by atoms with Crippen molar-refractivity contribution < 1.29 is 24.2 Å². The van der Waals surface area contributed by atoms with Crippen LogP contribution < -0.4 is 11.5 Å². The van der Waals surface area contributed by atoms with E-state index in [1.165, 1.54) is 0 Å². The molecule has 1 unspecified atom stereocenters. The molecule has 0 aromatic rings. The Labute approximate surface area is 111 Å². The lowest BCUT2D eigenvalue weighted by Gasteiger charge is -2.03. The second-order valence-electron chi connectivity index (χ2n) is 4.16. The third-order valence-corrected chi connectivity index (χ3v) is 2.65. The number of aliphatic carboxylic acids is 1. The number of hydrogen-bond donors (Lipinski definition) is 3. The van der Waals surface area contributed by atoms with Crippen molar-refractivity contribution in [2.45, 2.75) is 39.2 Å². The average molecular weight is 272 g/mol. The third-order valence-electron chi connectivity index (χ3n) is 2.65. The van der Waals surface area contributed by atoms with E-state index in [-0.39, 0.29) is 0 Å². The SMILES string of the molecule is CC1=C(C)C(=O)OC1=O.NCCCCC(N)C(=O)O. The van der Waals surface area contributed by atoms with Gasteiger partial charge in [-0.15, -0.1) is 0 Å². The first-order valence-corrected chi connectivity index (χ1v) is 5.93. The molecule has 0 bridgehead atoms. The maximum Gasteiger partial charge on any atom is 0.342 e. The highest BCUT2D eigenvalue weighted by molar-refractivity contribution is 6.11. The van der Waals surface area contributed by atoms with Crippen molar-refractivity contribution in [1.82, 2.24) is 0 Å². The number of esters is 2. The molecule has 5 N–H and O–H groups in total. The van der Waals surface area contributed by atoms with Crippen LogP contribution in [0.15, 0.2) is 11.1 Å². The fourth-order valence-corrected chi connectivity index (χ4v) is 1.18. The van der Waals surface area contributed by atoms with Gasteiger partial charge >= 0.3 is 17.9 Å². The molecule has 0 aromatic heterocycles. The lowest BCUT2D eigenvalue weighted by Crippen LogP contribution is -2.29. The zero-order valence-corrected chi connectivity index (χ0v) is 11.1. The topological polar surface area (TPSA) is 133 Å². The van der Waals surface area contributed by atoms with E-state index in [9.17, 15) is 14.4 Å². The summed E-state index contributed by atoms with van der Waals surface area (Å²) in [7, 11) is 0. The maximum absolute atomic E-state index is 10.5. The molecule has 19 heavy (non-hydrogen) atoms. The van der Waals surface area contributed by atoms with Crippen LogP contribution in [-0.2, 0) is 19.1 Å². The summed E-state index contributed by atoms with van der Waals surface area (Å²) in [5.41, 5.74) is 11.3. The van der Waals surface area contributed by atoms with E-state index in [1.807, 2.05) is 0 Å². The van der Waals surface area contributed by atoms with Crippen LogP contribution in [-0.4, -0.2) is 35.6 Å². The molecule has 0 spiro atoms. The molecule has 1 aliphatic heterocycles. The van der Waals surface area contributed by atoms with Crippen LogP contribution in [0.4, 0.5) is 0 Å². The zero-order valence-electron chi connectivity index (χ0n) is 11.1. The van der Waals surface area contributed by atoms with Crippen LogP contribution in [0.1, 0.15) is 33.1 Å². The molecule has 1 atom stereocenters. The van der Waals surface area contributed by atoms with E-state index in [0.29, 0.717) is 24.1 Å². The van der Waals surface area contributed by atoms with Crippen LogP contribution in [0.3, 0.4) is 0 Å². The lowest BCUT2D eigenvalue weighted by atomic mass is 10.1. The fourth-order valence-electron chi connectivity index (χ4n) is 1.18. The van der Waals surface area contributed by atoms with E-state index in [0.717, 1.165) is 12.8 Å². The first-order chi connectivity index (χ1) is 8.81. The summed E-state index contributed by atoms with van der Waals surface area (Å²) in [6.45, 7) is 3.75. The van der Waals surface area contributed by atoms with Gasteiger partial charge in [-0.2, -0.15) is 0 Å². The summed E-state index contributed by atoms with van der Waals surface area (Å²) in [5.74, 6) is -1.97. The van der Waals surface area contributed by atoms with Gasteiger partial charge in [0.25, 0.3) is 0 Å². The molecule has 0 saturated carbocycles. The highest BCUT2D eigenvalue weighted by Crippen LogP contribution is 2.14. The third kappa shape index (κ3) is 6.12. The van der Waals surface area contributed by atoms with Gasteiger partial charge in [-0.05, 0) is 33.2 Å². The zero-order chi connectivity index (χ0) is 15.0. The molecule has 0 amide bonds. The Morgan fingerprint density at radius 3 is 1.95 bits per heavy atom. The summed E-state index contributed by atoms with van der Waals surface area (Å²) in [6.07, 6.45) is 2.16. The molecule has 0 saturated heterocycles. The normalized spacial score (nSPS) is 15.8. The standard InChI is InChI=1S/C6H14N2O2.C6H6O3/c7-4-2-1-3-5(8)6(9)10;1-3-4(2)6(8)9-5(3)7/h5H,1-4,7-8H2,(H,9,10);1-2H3. The van der Waals surface area contributed by atoms with Crippen molar-refractivity contribution in [2.24, 2.45) is 11.5 Å². The smallest absolute Gasteiger partial charge is 0.342 e. The minimum Gasteiger partial charge on any atom is -0.480 e. The van der Waals surface area contributed by atoms with E-state index < -0.39 is 23.9 Å². The molecule has 0 aliphatic carbocycles. The summed E-state index contributed by atoms with van der Waals surface area (Å²) in [5, 5.41) is 8.33. The molecule has 0 fully saturated rings. The quantitative estimate of drug-likeness (QED) is 0.362. The number of nitrogens with two attached hydrogens (primary N) is 2. The summed E-state index contributed by atoms with van der Waals surface area (Å²) >= 11 is 0. The molecule has 0 radical (unpaired) electrons. The van der Waals surface area contributed by atoms with E-state index in [2.05, 4.69) is 4.74 Å². The molecule has 1 aliphatic rings. The monoisotopic (exact) mass is 272 g/mol. The predicted octanol–water partition coefficient (Wildman–Crippen LogP) is -0.0665. The minimum atomic E-state index is -0.933. The van der Waals surface area contributed by atoms with Crippen LogP contribution in [0, 0.1) is 0 Å². The molecule has 108 valence electrons. The Balaban J connectivity index is 0.000000342. The number of unbranched alkanes of at least 4 members (excludes halogenated alkanes) is 1. The minimum absolute atomic E-state index is 0.417. The van der Waals surface area contributed by atoms with Crippen LogP contribution in [0.25, 0.3) is 0 Å². The van der Waals surface area contributed by atoms with Gasteiger partial charge in [0.2, 0.25) is 0 Å². The first kappa shape index (κ1) is 17.3. The van der Waals surface area contributed by atoms with Crippen LogP contribution in [0.2, 0.25) is 0 Å². The Bertz CT molecular complexity index is 368. The van der Waals surface area contributed by atoms with Gasteiger partial charge in [0.05, 0.1) is 0 Å². The molecule has 7 heteroatoms. The van der Waals surface area contributed by atoms with E-state index >= 15 is 0 Å². The molecular weight excluding hydrogens is 252 g/mol. The fraction of sp³-hybridized carbons (Fsp3) is 0.583. The van der Waals surface area contributed by atoms with Crippen molar-refractivity contribution in [3.05, 3.63) is 11.1 Å². The van der Waals surface area contributed by atoms with Gasteiger partial charge in [-0.1, -0.05) is 6.42 Å². The summed E-state index contributed by atoms with van der Waals surface area (Å²) in [4.78, 5) is 31.1. The van der Waals surface area contributed by atoms with E-state index in [1.54, 1.807) is 13.8 Å². The maximum atomic E-state index is 10.5. The number of carboxylic acid groups (broad SMARTS) is 1. The summed E-state index contributed by atoms with van der Waals surface area (Å²) < 4.78 is 4.23. The van der Waals surface area contributed by atoms with Crippen LogP contribution >= 0.6 is 0 Å². The highest BCUT2D eigenvalue weighted by Gasteiger charge is 2.25. The average Bonchev–Trinajstić information content (AvgIpc) is 2.57. The molecule has 1 heterocycles. The number of carboxylic acids is 1. The summed E-state index contributed by atoms with van der Waals surface area (Å²) in [6, 6.07) is -0.716. The second kappa shape index (κ2) is 8.39. The molecular formula is C12H20N2O5. The lowest BCUT2D eigenvalue weighted by molar-refractivity contribution is -0.151. The molecule has 1 rings (SSSR count). The van der Waals surface area contributed by atoms with Crippen molar-refractivity contribution >= 4 is 17.9 Å². The Morgan fingerprint density at radius 2 is 1.68 bits per heavy atom. The van der Waals surface area contributed by atoms with Crippen molar-refractivity contribution in [2.75, 3.05) is 6.54 Å². The molecule has 7 nitrogen and oxygen atoms in total. The number of carbonyl (C=O) groups excluding carboxylic acids is 2. The van der Waals surface area contributed by atoms with Gasteiger partial charge in [-0.3, -0.25) is 4.79 Å². The van der Waals surface area contributed by atoms with Gasteiger partial charge < -0.3 is 21.3 Å². The van der Waals surface area contributed by atoms with Gasteiger partial charge in [0.1, 0.15) is 6.04 Å². The van der Waals surface area contributed by atoms with Gasteiger partial charge in [0.15, 0.2) is 0 Å². The number of carbonyl (C=O) groups is 3. The number of cyclic esters (lactones) is 2. The number of rotatable bonds is 5. The second-order valence-corrected chi connectivity index (χ2v) is 4.16. The van der Waals surface area contributed by atoms with Crippen molar-refractivity contribution in [1.29, 1.82) is 0 Å². The predicted molar refractivity (Wildman–Crippen MR) is 68.0 cm³/mol. The Hall–Kier alpha value is -1.73. The highest BCUT2D eigenvalue weighted by atomic mass is 16.6. The first-order valence-electron chi connectivity index (χ1n) is 5.93. The van der Waals surface area contributed by atoms with Gasteiger partial charge in [0, 0.05) is 11.1 Å². The van der Waals surface area contributed by atoms with E-state index in [4.69, 9.17) is 16.6 Å². The number of ether oxygens (including phenoxy) is 1.